The Morgan fingerprint density at radius 2 is 2.35 bits per heavy atom. The van der Waals surface area contributed by atoms with Gasteiger partial charge in [-0.1, -0.05) is 0 Å². The van der Waals surface area contributed by atoms with Gasteiger partial charge in [-0.3, -0.25) is 4.98 Å². The molecule has 1 saturated heterocycles. The third-order valence-corrected chi connectivity index (χ3v) is 4.21. The largest absolute Gasteiger partial charge is 0.324 e. The van der Waals surface area contributed by atoms with Crippen molar-refractivity contribution in [3.63, 3.8) is 0 Å². The van der Waals surface area contributed by atoms with Crippen molar-refractivity contribution in [3.05, 3.63) is 36.2 Å². The van der Waals surface area contributed by atoms with Crippen LogP contribution in [-0.2, 0) is 6.54 Å². The maximum atomic E-state index is 12.5. The van der Waals surface area contributed by atoms with Gasteiger partial charge in [0.05, 0.1) is 0 Å². The lowest BCUT2D eigenvalue weighted by molar-refractivity contribution is 0.190. The van der Waals surface area contributed by atoms with E-state index in [1.54, 1.807) is 18.6 Å². The molecule has 2 aromatic rings. The number of hydrogen-bond acceptors (Lipinski definition) is 4. The van der Waals surface area contributed by atoms with Gasteiger partial charge >= 0.3 is 6.03 Å². The summed E-state index contributed by atoms with van der Waals surface area (Å²) in [7, 11) is 0. The summed E-state index contributed by atoms with van der Waals surface area (Å²) in [6.07, 6.45) is 5.47. The molecule has 1 fully saturated rings. The number of hydrogen-bond donors (Lipinski definition) is 1. The maximum absolute atomic E-state index is 12.5. The molecule has 3 rings (SSSR count). The number of anilines is 1. The smallest absolute Gasteiger partial charge is 0.321 e. The van der Waals surface area contributed by atoms with Crippen LogP contribution in [0.3, 0.4) is 0 Å². The molecule has 1 aliphatic rings. The molecule has 0 radical (unpaired) electrons. The first kappa shape index (κ1) is 15.5. The molecule has 122 valence electrons. The van der Waals surface area contributed by atoms with Gasteiger partial charge in [-0.25, -0.2) is 4.79 Å². The van der Waals surface area contributed by atoms with Gasteiger partial charge in [-0.05, 0) is 38.8 Å². The van der Waals surface area contributed by atoms with Crippen LogP contribution in [0, 0.1) is 6.92 Å². The number of carbonyl (C=O) groups excluding carboxylic acids is 1. The van der Waals surface area contributed by atoms with Gasteiger partial charge in [0.15, 0.2) is 0 Å². The highest BCUT2D eigenvalue weighted by molar-refractivity contribution is 5.89. The van der Waals surface area contributed by atoms with Crippen LogP contribution < -0.4 is 5.32 Å². The Kier molecular flexibility index (Phi) is 4.55. The Bertz CT molecular complexity index is 683. The number of piperidine rings is 1. The summed E-state index contributed by atoms with van der Waals surface area (Å²) < 4.78 is 2.05. The lowest BCUT2D eigenvalue weighted by Crippen LogP contribution is -2.42. The molecular formula is C16H22N6O. The Labute approximate surface area is 135 Å². The first-order valence-corrected chi connectivity index (χ1v) is 8.03. The summed E-state index contributed by atoms with van der Waals surface area (Å²) in [5.74, 6) is 1.22. The topological polar surface area (TPSA) is 75.9 Å². The average Bonchev–Trinajstić information content (AvgIpc) is 3.03. The molecule has 0 aliphatic carbocycles. The molecule has 0 spiro atoms. The molecule has 7 nitrogen and oxygen atoms in total. The van der Waals surface area contributed by atoms with Crippen molar-refractivity contribution in [2.75, 3.05) is 18.4 Å². The fourth-order valence-electron chi connectivity index (χ4n) is 3.02. The van der Waals surface area contributed by atoms with Crippen LogP contribution in [0.1, 0.15) is 37.2 Å². The fraction of sp³-hybridized carbons (Fsp3) is 0.500. The van der Waals surface area contributed by atoms with E-state index in [-0.39, 0.29) is 11.9 Å². The Morgan fingerprint density at radius 1 is 1.48 bits per heavy atom. The summed E-state index contributed by atoms with van der Waals surface area (Å²) in [6.45, 7) is 6.28. The zero-order valence-electron chi connectivity index (χ0n) is 13.6. The second-order valence-electron chi connectivity index (χ2n) is 5.88. The predicted molar refractivity (Wildman–Crippen MR) is 87.2 cm³/mol. The van der Waals surface area contributed by atoms with Crippen LogP contribution in [0.25, 0.3) is 0 Å². The number of aromatic nitrogens is 4. The van der Waals surface area contributed by atoms with E-state index in [4.69, 9.17) is 0 Å². The van der Waals surface area contributed by atoms with E-state index in [1.165, 1.54) is 0 Å². The third-order valence-electron chi connectivity index (χ3n) is 4.21. The number of amides is 2. The highest BCUT2D eigenvalue weighted by Crippen LogP contribution is 2.26. The number of pyridine rings is 1. The monoisotopic (exact) mass is 314 g/mol. The van der Waals surface area contributed by atoms with E-state index >= 15 is 0 Å². The Morgan fingerprint density at radius 3 is 3.13 bits per heavy atom. The first-order valence-electron chi connectivity index (χ1n) is 8.03. The third kappa shape index (κ3) is 3.49. The van der Waals surface area contributed by atoms with Gasteiger partial charge in [0.2, 0.25) is 0 Å². The van der Waals surface area contributed by atoms with Crippen molar-refractivity contribution in [1.82, 2.24) is 24.6 Å². The molecule has 2 amide bonds. The zero-order valence-corrected chi connectivity index (χ0v) is 13.6. The van der Waals surface area contributed by atoms with Gasteiger partial charge in [-0.15, -0.1) is 10.2 Å². The predicted octanol–water partition coefficient (Wildman–Crippen LogP) is 2.41. The number of aryl methyl sites for hydroxylation is 2. The van der Waals surface area contributed by atoms with E-state index in [0.717, 1.165) is 43.1 Å². The molecule has 1 atom stereocenters. The molecule has 1 unspecified atom stereocenters. The standard InChI is InChI=1S/C16H22N6O/c1-3-21-11-18-20-15(21)13-5-4-8-22(10-13)16(23)19-14-6-7-17-12(2)9-14/h6-7,9,11,13H,3-5,8,10H2,1-2H3,(H,17,19,23). The summed E-state index contributed by atoms with van der Waals surface area (Å²) in [5, 5.41) is 11.2. The van der Waals surface area contributed by atoms with Crippen molar-refractivity contribution >= 4 is 11.7 Å². The van der Waals surface area contributed by atoms with Crippen LogP contribution in [-0.4, -0.2) is 43.8 Å². The normalized spacial score (nSPS) is 18.0. The molecule has 0 aromatic carbocycles. The molecule has 2 aromatic heterocycles. The molecular weight excluding hydrogens is 292 g/mol. The minimum absolute atomic E-state index is 0.0668. The van der Waals surface area contributed by atoms with Crippen LogP contribution in [0.4, 0.5) is 10.5 Å². The molecule has 7 heteroatoms. The first-order chi connectivity index (χ1) is 11.2. The summed E-state index contributed by atoms with van der Waals surface area (Å²) in [4.78, 5) is 18.5. The molecule has 3 heterocycles. The van der Waals surface area contributed by atoms with Crippen molar-refractivity contribution in [2.45, 2.75) is 39.2 Å². The molecule has 0 bridgehead atoms. The number of likely N-dealkylation sites (tertiary alicyclic amines) is 1. The van der Waals surface area contributed by atoms with Gasteiger partial charge in [0, 0.05) is 43.1 Å². The van der Waals surface area contributed by atoms with E-state index < -0.39 is 0 Å². The second-order valence-corrected chi connectivity index (χ2v) is 5.88. The van der Waals surface area contributed by atoms with Gasteiger partial charge in [-0.2, -0.15) is 0 Å². The zero-order chi connectivity index (χ0) is 16.2. The van der Waals surface area contributed by atoms with Gasteiger partial charge < -0.3 is 14.8 Å². The highest BCUT2D eigenvalue weighted by atomic mass is 16.2. The van der Waals surface area contributed by atoms with Gasteiger partial charge in [0.25, 0.3) is 0 Å². The number of nitrogens with one attached hydrogen (secondary N) is 1. The fourth-order valence-corrected chi connectivity index (χ4v) is 3.02. The highest BCUT2D eigenvalue weighted by Gasteiger charge is 2.27. The quantitative estimate of drug-likeness (QED) is 0.944. The van der Waals surface area contributed by atoms with Crippen molar-refractivity contribution in [3.8, 4) is 0 Å². The number of urea groups is 1. The van der Waals surface area contributed by atoms with Crippen LogP contribution >= 0.6 is 0 Å². The van der Waals surface area contributed by atoms with Crippen molar-refractivity contribution < 1.29 is 4.79 Å². The number of rotatable bonds is 3. The van der Waals surface area contributed by atoms with E-state index in [1.807, 2.05) is 17.9 Å². The summed E-state index contributed by atoms with van der Waals surface area (Å²) in [5.41, 5.74) is 1.66. The molecule has 1 N–H and O–H groups in total. The summed E-state index contributed by atoms with van der Waals surface area (Å²) in [6, 6.07) is 3.61. The molecule has 0 saturated carbocycles. The van der Waals surface area contributed by atoms with Gasteiger partial charge in [0.1, 0.15) is 12.2 Å². The van der Waals surface area contributed by atoms with E-state index in [2.05, 4.69) is 32.0 Å². The number of nitrogens with zero attached hydrogens (tertiary/aromatic N) is 5. The van der Waals surface area contributed by atoms with E-state index in [0.29, 0.717) is 6.54 Å². The molecule has 23 heavy (non-hydrogen) atoms. The Hall–Kier alpha value is -2.44. The van der Waals surface area contributed by atoms with E-state index in [9.17, 15) is 4.79 Å². The Balaban J connectivity index is 1.67. The maximum Gasteiger partial charge on any atom is 0.321 e. The van der Waals surface area contributed by atoms with Crippen molar-refractivity contribution in [2.24, 2.45) is 0 Å². The summed E-state index contributed by atoms with van der Waals surface area (Å²) >= 11 is 0. The lowest BCUT2D eigenvalue weighted by Gasteiger charge is -2.32. The number of carbonyl (C=O) groups is 1. The SMILES string of the molecule is CCn1cnnc1C1CCCN(C(=O)Nc2ccnc(C)c2)C1. The van der Waals surface area contributed by atoms with Crippen LogP contribution in [0.2, 0.25) is 0 Å². The van der Waals surface area contributed by atoms with Crippen LogP contribution in [0.15, 0.2) is 24.7 Å². The minimum Gasteiger partial charge on any atom is -0.324 e. The average molecular weight is 314 g/mol. The minimum atomic E-state index is -0.0668. The van der Waals surface area contributed by atoms with Crippen molar-refractivity contribution in [1.29, 1.82) is 0 Å². The lowest BCUT2D eigenvalue weighted by atomic mass is 9.97. The second kappa shape index (κ2) is 6.76. The molecule has 1 aliphatic heterocycles. The van der Waals surface area contributed by atoms with Crippen LogP contribution in [0.5, 0.6) is 0 Å².